The van der Waals surface area contributed by atoms with Crippen LogP contribution in [0.25, 0.3) is 0 Å². The van der Waals surface area contributed by atoms with E-state index in [1.807, 2.05) is 18.2 Å². The molecule has 1 aromatic rings. The lowest BCUT2D eigenvalue weighted by Crippen LogP contribution is -2.50. The molecule has 1 aromatic carbocycles. The van der Waals surface area contributed by atoms with Gasteiger partial charge in [-0.15, -0.1) is 0 Å². The van der Waals surface area contributed by atoms with Gasteiger partial charge in [0, 0.05) is 25.7 Å². The van der Waals surface area contributed by atoms with E-state index in [2.05, 4.69) is 4.90 Å². The highest BCUT2D eigenvalue weighted by Gasteiger charge is 2.30. The molecule has 140 valence electrons. The molecule has 3 rings (SSSR count). The van der Waals surface area contributed by atoms with E-state index in [0.717, 1.165) is 25.4 Å². The van der Waals surface area contributed by atoms with Crippen molar-refractivity contribution in [3.8, 4) is 17.2 Å². The van der Waals surface area contributed by atoms with Crippen LogP contribution in [0, 0.1) is 5.92 Å². The van der Waals surface area contributed by atoms with Gasteiger partial charge < -0.3 is 24.2 Å². The predicted octanol–water partition coefficient (Wildman–Crippen LogP) is 3.10. The Balaban J connectivity index is 1.53. The monoisotopic (exact) mass is 349 g/mol. The summed E-state index contributed by atoms with van der Waals surface area (Å²) in [6.45, 7) is 2.82. The van der Waals surface area contributed by atoms with E-state index in [4.69, 9.17) is 14.2 Å². The van der Waals surface area contributed by atoms with Gasteiger partial charge in [0.05, 0.1) is 14.2 Å². The molecule has 2 aliphatic rings. The van der Waals surface area contributed by atoms with Crippen LogP contribution in [0.5, 0.6) is 17.2 Å². The van der Waals surface area contributed by atoms with Crippen molar-refractivity contribution in [1.82, 2.24) is 4.90 Å². The van der Waals surface area contributed by atoms with Gasteiger partial charge in [0.15, 0.2) is 11.5 Å². The van der Waals surface area contributed by atoms with E-state index in [0.29, 0.717) is 23.8 Å². The summed E-state index contributed by atoms with van der Waals surface area (Å²) in [4.78, 5) is 2.41. The molecule has 1 saturated heterocycles. The third-order valence-corrected chi connectivity index (χ3v) is 5.49. The summed E-state index contributed by atoms with van der Waals surface area (Å²) < 4.78 is 16.6. The van der Waals surface area contributed by atoms with E-state index >= 15 is 0 Å². The van der Waals surface area contributed by atoms with Crippen molar-refractivity contribution in [3.05, 3.63) is 18.2 Å². The largest absolute Gasteiger partial charge is 0.493 e. The summed E-state index contributed by atoms with van der Waals surface area (Å²) in [5.41, 5.74) is 0. The zero-order chi connectivity index (χ0) is 17.6. The summed E-state index contributed by atoms with van der Waals surface area (Å²) in [5, 5.41) is 10.5. The van der Waals surface area contributed by atoms with Gasteiger partial charge in [-0.1, -0.05) is 19.3 Å². The average molecular weight is 349 g/mol. The van der Waals surface area contributed by atoms with Crippen LogP contribution in [0.1, 0.15) is 38.5 Å². The topological polar surface area (TPSA) is 51.2 Å². The molecule has 0 spiro atoms. The first-order valence-electron chi connectivity index (χ1n) is 9.48. The Morgan fingerprint density at radius 1 is 1.04 bits per heavy atom. The minimum Gasteiger partial charge on any atom is -0.493 e. The summed E-state index contributed by atoms with van der Waals surface area (Å²) in [6.07, 6.45) is 7.04. The van der Waals surface area contributed by atoms with Crippen LogP contribution in [0.15, 0.2) is 18.2 Å². The van der Waals surface area contributed by atoms with Crippen LogP contribution in [0.2, 0.25) is 0 Å². The molecule has 0 radical (unpaired) electrons. The molecule has 0 aromatic heterocycles. The molecule has 25 heavy (non-hydrogen) atoms. The number of β-amino-alcohol motifs (C(OH)–C–C–N with tert-alkyl or cyclic N) is 1. The number of aliphatic hydroxyl groups is 1. The van der Waals surface area contributed by atoms with Gasteiger partial charge in [0.2, 0.25) is 0 Å². The molecule has 0 unspecified atom stereocenters. The molecule has 0 bridgehead atoms. The molecule has 5 heteroatoms. The highest BCUT2D eigenvalue weighted by atomic mass is 16.5. The number of hydrogen-bond donors (Lipinski definition) is 1. The van der Waals surface area contributed by atoms with Crippen molar-refractivity contribution in [2.75, 3.05) is 33.9 Å². The van der Waals surface area contributed by atoms with Gasteiger partial charge in [-0.2, -0.15) is 0 Å². The van der Waals surface area contributed by atoms with Crippen molar-refractivity contribution in [1.29, 1.82) is 0 Å². The van der Waals surface area contributed by atoms with Crippen molar-refractivity contribution in [2.45, 2.75) is 50.7 Å². The third kappa shape index (κ3) is 4.79. The lowest BCUT2D eigenvalue weighted by atomic mass is 9.88. The fourth-order valence-corrected chi connectivity index (χ4v) is 4.08. The van der Waals surface area contributed by atoms with E-state index in [-0.39, 0.29) is 6.10 Å². The number of likely N-dealkylation sites (tertiary alicyclic amines) is 1. The van der Waals surface area contributed by atoms with Crippen LogP contribution in [0.3, 0.4) is 0 Å². The molecule has 1 aliphatic heterocycles. The minimum absolute atomic E-state index is 0.166. The first kappa shape index (κ1) is 18.3. The van der Waals surface area contributed by atoms with Gasteiger partial charge in [0.1, 0.15) is 18.0 Å². The molecular formula is C20H31NO4. The normalized spacial score (nSPS) is 25.6. The zero-order valence-corrected chi connectivity index (χ0v) is 15.4. The molecule has 5 nitrogen and oxygen atoms in total. The second-order valence-electron chi connectivity index (χ2n) is 7.29. The third-order valence-electron chi connectivity index (χ3n) is 5.49. The molecule has 2 atom stereocenters. The first-order valence-corrected chi connectivity index (χ1v) is 9.48. The molecule has 1 N–H and O–H groups in total. The van der Waals surface area contributed by atoms with Crippen LogP contribution < -0.4 is 14.2 Å². The van der Waals surface area contributed by atoms with E-state index in [1.54, 1.807) is 14.2 Å². The number of hydrogen-bond acceptors (Lipinski definition) is 5. The SMILES string of the molecule is COc1ccc(O[C@@H]2CCN(CC3CCCCC3)C[C@H]2O)cc1OC. The van der Waals surface area contributed by atoms with Crippen LogP contribution >= 0.6 is 0 Å². The fourth-order valence-electron chi connectivity index (χ4n) is 4.08. The van der Waals surface area contributed by atoms with Crippen LogP contribution in [0.4, 0.5) is 0 Å². The number of nitrogens with zero attached hydrogens (tertiary/aromatic N) is 1. The Labute approximate surface area is 150 Å². The Morgan fingerprint density at radius 3 is 2.48 bits per heavy atom. The molecular weight excluding hydrogens is 318 g/mol. The Hall–Kier alpha value is -1.46. The smallest absolute Gasteiger partial charge is 0.164 e. The van der Waals surface area contributed by atoms with Crippen molar-refractivity contribution >= 4 is 0 Å². The highest BCUT2D eigenvalue weighted by Crippen LogP contribution is 2.32. The number of rotatable bonds is 6. The number of benzene rings is 1. The second-order valence-corrected chi connectivity index (χ2v) is 7.29. The summed E-state index contributed by atoms with van der Waals surface area (Å²) >= 11 is 0. The maximum absolute atomic E-state index is 10.5. The lowest BCUT2D eigenvalue weighted by Gasteiger charge is -2.38. The maximum Gasteiger partial charge on any atom is 0.164 e. The Bertz CT molecular complexity index is 544. The summed E-state index contributed by atoms with van der Waals surface area (Å²) in [7, 11) is 3.23. The van der Waals surface area contributed by atoms with Gasteiger partial charge in [-0.05, 0) is 37.3 Å². The number of aliphatic hydroxyl groups excluding tert-OH is 1. The van der Waals surface area contributed by atoms with Crippen molar-refractivity contribution in [2.24, 2.45) is 5.92 Å². The molecule has 1 aliphatic carbocycles. The maximum atomic E-state index is 10.5. The van der Waals surface area contributed by atoms with Crippen molar-refractivity contribution in [3.63, 3.8) is 0 Å². The second kappa shape index (κ2) is 8.77. The first-order chi connectivity index (χ1) is 12.2. The number of ether oxygens (including phenoxy) is 3. The van der Waals surface area contributed by atoms with Gasteiger partial charge in [-0.25, -0.2) is 0 Å². The van der Waals surface area contributed by atoms with Crippen molar-refractivity contribution < 1.29 is 19.3 Å². The highest BCUT2D eigenvalue weighted by molar-refractivity contribution is 5.45. The fraction of sp³-hybridized carbons (Fsp3) is 0.700. The van der Waals surface area contributed by atoms with Gasteiger partial charge in [-0.3, -0.25) is 0 Å². The summed E-state index contributed by atoms with van der Waals surface area (Å²) in [6, 6.07) is 5.52. The van der Waals surface area contributed by atoms with Crippen LogP contribution in [-0.2, 0) is 0 Å². The van der Waals surface area contributed by atoms with E-state index < -0.39 is 6.10 Å². The van der Waals surface area contributed by atoms with Crippen LogP contribution in [-0.4, -0.2) is 56.1 Å². The quantitative estimate of drug-likeness (QED) is 0.855. The molecule has 0 amide bonds. The molecule has 1 saturated carbocycles. The van der Waals surface area contributed by atoms with Gasteiger partial charge in [0.25, 0.3) is 0 Å². The summed E-state index contributed by atoms with van der Waals surface area (Å²) in [5.74, 6) is 2.84. The van der Waals surface area contributed by atoms with E-state index in [9.17, 15) is 5.11 Å². The zero-order valence-electron chi connectivity index (χ0n) is 15.4. The Morgan fingerprint density at radius 2 is 1.80 bits per heavy atom. The molecule has 1 heterocycles. The standard InChI is InChI=1S/C20H31NO4/c1-23-19-9-8-16(12-20(19)24-2)25-18-10-11-21(14-17(18)22)13-15-6-4-3-5-7-15/h8-9,12,15,17-18,22H,3-7,10-11,13-14H2,1-2H3/t17-,18-/m1/s1. The predicted molar refractivity (Wildman–Crippen MR) is 97.6 cm³/mol. The Kier molecular flexibility index (Phi) is 6.43. The lowest BCUT2D eigenvalue weighted by molar-refractivity contribution is -0.0300. The van der Waals surface area contributed by atoms with Gasteiger partial charge >= 0.3 is 0 Å². The number of piperidine rings is 1. The number of methoxy groups -OCH3 is 2. The molecule has 2 fully saturated rings. The van der Waals surface area contributed by atoms with E-state index in [1.165, 1.54) is 32.1 Å². The minimum atomic E-state index is -0.453. The average Bonchev–Trinajstić information content (AvgIpc) is 2.64.